The van der Waals surface area contributed by atoms with Crippen LogP contribution in [0.3, 0.4) is 0 Å². The summed E-state index contributed by atoms with van der Waals surface area (Å²) in [5.74, 6) is -0.489. The lowest BCUT2D eigenvalue weighted by molar-refractivity contribution is -0.132. The summed E-state index contributed by atoms with van der Waals surface area (Å²) in [6.07, 6.45) is 0.908. The molecule has 0 spiro atoms. The number of hydrogen-bond donors (Lipinski definition) is 0. The third kappa shape index (κ3) is 5.40. The van der Waals surface area contributed by atoms with Gasteiger partial charge in [-0.15, -0.1) is 0 Å². The van der Waals surface area contributed by atoms with Crippen molar-refractivity contribution in [3.8, 4) is 5.75 Å². The van der Waals surface area contributed by atoms with Crippen molar-refractivity contribution >= 4 is 35.0 Å². The molecule has 0 N–H and O–H groups in total. The van der Waals surface area contributed by atoms with Gasteiger partial charge in [0.15, 0.2) is 0 Å². The molecule has 154 valence electrons. The Hall–Kier alpha value is -2.31. The standard InChI is InChI=1S/C21H21Cl2FN2O3/c22-15-5-1-2-8-18(15)29-14-4-9-19(27)25-10-12-26(13-11-25)21(28)20-16(23)6-3-7-17(20)24/h1-3,5-8H,4,9-14H2. The Morgan fingerprint density at radius 3 is 2.28 bits per heavy atom. The van der Waals surface area contributed by atoms with E-state index in [2.05, 4.69) is 0 Å². The minimum absolute atomic E-state index is 0.00350. The minimum atomic E-state index is -0.639. The number of carbonyl (C=O) groups is 2. The van der Waals surface area contributed by atoms with Gasteiger partial charge in [0.25, 0.3) is 5.91 Å². The second-order valence-corrected chi connectivity index (χ2v) is 7.47. The molecule has 1 aliphatic heterocycles. The second-order valence-electron chi connectivity index (χ2n) is 6.65. The van der Waals surface area contributed by atoms with Gasteiger partial charge in [-0.2, -0.15) is 0 Å². The Labute approximate surface area is 178 Å². The average molecular weight is 439 g/mol. The van der Waals surface area contributed by atoms with Gasteiger partial charge in [-0.25, -0.2) is 4.39 Å². The normalized spacial score (nSPS) is 14.0. The molecular weight excluding hydrogens is 418 g/mol. The van der Waals surface area contributed by atoms with Crippen molar-refractivity contribution in [2.75, 3.05) is 32.8 Å². The number of para-hydroxylation sites is 1. The lowest BCUT2D eigenvalue weighted by atomic mass is 10.1. The second kappa shape index (κ2) is 9.94. The minimum Gasteiger partial charge on any atom is -0.492 e. The SMILES string of the molecule is O=C(CCCOc1ccccc1Cl)N1CCN(C(=O)c2c(F)cccc2Cl)CC1. The summed E-state index contributed by atoms with van der Waals surface area (Å²) < 4.78 is 19.6. The van der Waals surface area contributed by atoms with E-state index in [4.69, 9.17) is 27.9 Å². The van der Waals surface area contributed by atoms with Crippen LogP contribution in [0.2, 0.25) is 10.0 Å². The zero-order valence-electron chi connectivity index (χ0n) is 15.7. The van der Waals surface area contributed by atoms with E-state index in [1.54, 1.807) is 17.0 Å². The highest BCUT2D eigenvalue weighted by Gasteiger charge is 2.27. The lowest BCUT2D eigenvalue weighted by Gasteiger charge is -2.35. The van der Waals surface area contributed by atoms with E-state index >= 15 is 0 Å². The number of benzene rings is 2. The van der Waals surface area contributed by atoms with Crippen LogP contribution in [-0.2, 0) is 4.79 Å². The molecule has 0 aromatic heterocycles. The van der Waals surface area contributed by atoms with Gasteiger partial charge in [0, 0.05) is 32.6 Å². The van der Waals surface area contributed by atoms with E-state index in [-0.39, 0.29) is 16.5 Å². The van der Waals surface area contributed by atoms with Crippen molar-refractivity contribution in [3.63, 3.8) is 0 Å². The fraction of sp³-hybridized carbons (Fsp3) is 0.333. The van der Waals surface area contributed by atoms with Crippen molar-refractivity contribution in [1.82, 2.24) is 9.80 Å². The number of carbonyl (C=O) groups excluding carboxylic acids is 2. The van der Waals surface area contributed by atoms with Crippen molar-refractivity contribution in [2.24, 2.45) is 0 Å². The summed E-state index contributed by atoms with van der Waals surface area (Å²) in [6, 6.07) is 11.3. The molecule has 0 bridgehead atoms. The third-order valence-corrected chi connectivity index (χ3v) is 5.35. The molecule has 8 heteroatoms. The van der Waals surface area contributed by atoms with Gasteiger partial charge in [-0.05, 0) is 30.7 Å². The van der Waals surface area contributed by atoms with E-state index in [1.165, 1.54) is 23.1 Å². The molecule has 0 aliphatic carbocycles. The maximum absolute atomic E-state index is 14.0. The Kier molecular flexibility index (Phi) is 7.34. The fourth-order valence-corrected chi connectivity index (χ4v) is 3.58. The monoisotopic (exact) mass is 438 g/mol. The molecule has 5 nitrogen and oxygen atoms in total. The molecule has 2 aromatic carbocycles. The number of ether oxygens (including phenoxy) is 1. The number of amides is 2. The molecule has 0 atom stereocenters. The maximum Gasteiger partial charge on any atom is 0.258 e. The van der Waals surface area contributed by atoms with E-state index in [1.807, 2.05) is 12.1 Å². The van der Waals surface area contributed by atoms with Crippen molar-refractivity contribution in [2.45, 2.75) is 12.8 Å². The summed E-state index contributed by atoms with van der Waals surface area (Å²) in [6.45, 7) is 1.88. The van der Waals surface area contributed by atoms with Crippen LogP contribution in [0.4, 0.5) is 4.39 Å². The van der Waals surface area contributed by atoms with Crippen LogP contribution in [-0.4, -0.2) is 54.4 Å². The first-order valence-electron chi connectivity index (χ1n) is 9.36. The van der Waals surface area contributed by atoms with Gasteiger partial charge in [-0.1, -0.05) is 41.4 Å². The van der Waals surface area contributed by atoms with E-state index in [9.17, 15) is 14.0 Å². The van der Waals surface area contributed by atoms with Crippen LogP contribution in [0.5, 0.6) is 5.75 Å². The third-order valence-electron chi connectivity index (χ3n) is 4.73. The summed E-state index contributed by atoms with van der Waals surface area (Å²) >= 11 is 12.0. The molecular formula is C21H21Cl2FN2O3. The predicted molar refractivity (Wildman–Crippen MR) is 110 cm³/mol. The van der Waals surface area contributed by atoms with Crippen LogP contribution in [0, 0.1) is 5.82 Å². The highest BCUT2D eigenvalue weighted by molar-refractivity contribution is 6.33. The summed E-state index contributed by atoms with van der Waals surface area (Å²) in [4.78, 5) is 28.2. The van der Waals surface area contributed by atoms with Gasteiger partial charge >= 0.3 is 0 Å². The molecule has 1 aliphatic rings. The first-order valence-corrected chi connectivity index (χ1v) is 10.1. The van der Waals surface area contributed by atoms with E-state index in [0.29, 0.717) is 56.4 Å². The summed E-state index contributed by atoms with van der Waals surface area (Å²) in [7, 11) is 0. The van der Waals surface area contributed by atoms with Crippen LogP contribution in [0.15, 0.2) is 42.5 Å². The molecule has 1 saturated heterocycles. The molecule has 0 unspecified atom stereocenters. The largest absolute Gasteiger partial charge is 0.492 e. The lowest BCUT2D eigenvalue weighted by Crippen LogP contribution is -2.50. The number of piperazine rings is 1. The molecule has 2 aromatic rings. The molecule has 0 saturated carbocycles. The number of halogens is 3. The summed E-state index contributed by atoms with van der Waals surface area (Å²) in [5.41, 5.74) is -0.120. The highest BCUT2D eigenvalue weighted by atomic mass is 35.5. The van der Waals surface area contributed by atoms with Crippen molar-refractivity contribution < 1.29 is 18.7 Å². The maximum atomic E-state index is 14.0. The van der Waals surface area contributed by atoms with E-state index < -0.39 is 11.7 Å². The van der Waals surface area contributed by atoms with Gasteiger partial charge in [0.05, 0.1) is 22.2 Å². The average Bonchev–Trinajstić information content (AvgIpc) is 2.72. The van der Waals surface area contributed by atoms with Crippen LogP contribution in [0.25, 0.3) is 0 Å². The molecule has 2 amide bonds. The van der Waals surface area contributed by atoms with Gasteiger partial charge in [0.2, 0.25) is 5.91 Å². The van der Waals surface area contributed by atoms with Gasteiger partial charge in [-0.3, -0.25) is 9.59 Å². The first-order chi connectivity index (χ1) is 14.0. The van der Waals surface area contributed by atoms with Gasteiger partial charge in [0.1, 0.15) is 11.6 Å². The Morgan fingerprint density at radius 2 is 1.59 bits per heavy atom. The molecule has 29 heavy (non-hydrogen) atoms. The quantitative estimate of drug-likeness (QED) is 0.632. The Bertz CT molecular complexity index is 866. The van der Waals surface area contributed by atoms with E-state index in [0.717, 1.165) is 0 Å². The Balaban J connectivity index is 1.43. The number of nitrogens with zero attached hydrogens (tertiary/aromatic N) is 2. The molecule has 0 radical (unpaired) electrons. The first kappa shape index (κ1) is 21.4. The molecule has 1 fully saturated rings. The fourth-order valence-electron chi connectivity index (χ4n) is 3.14. The van der Waals surface area contributed by atoms with Crippen molar-refractivity contribution in [3.05, 3.63) is 63.9 Å². The zero-order chi connectivity index (χ0) is 20.8. The van der Waals surface area contributed by atoms with Crippen LogP contribution >= 0.6 is 23.2 Å². The molecule has 1 heterocycles. The zero-order valence-corrected chi connectivity index (χ0v) is 17.3. The Morgan fingerprint density at radius 1 is 0.931 bits per heavy atom. The number of rotatable bonds is 6. The highest BCUT2D eigenvalue weighted by Crippen LogP contribution is 2.24. The van der Waals surface area contributed by atoms with Crippen molar-refractivity contribution in [1.29, 1.82) is 0 Å². The topological polar surface area (TPSA) is 49.9 Å². The molecule has 3 rings (SSSR count). The van der Waals surface area contributed by atoms with Crippen LogP contribution in [0.1, 0.15) is 23.2 Å². The predicted octanol–water partition coefficient (Wildman–Crippen LogP) is 4.28. The summed E-state index contributed by atoms with van der Waals surface area (Å²) in [5, 5.41) is 0.626. The number of hydrogen-bond acceptors (Lipinski definition) is 3. The van der Waals surface area contributed by atoms with Gasteiger partial charge < -0.3 is 14.5 Å². The van der Waals surface area contributed by atoms with Crippen LogP contribution < -0.4 is 4.74 Å². The smallest absolute Gasteiger partial charge is 0.258 e.